The van der Waals surface area contributed by atoms with Gasteiger partial charge in [0.1, 0.15) is 0 Å². The predicted molar refractivity (Wildman–Crippen MR) is 81.4 cm³/mol. The number of methoxy groups -OCH3 is 1. The fraction of sp³-hybridized carbons (Fsp3) is 1.00. The largest absolute Gasteiger partial charge is 0.390 e. The molecule has 0 amide bonds. The summed E-state index contributed by atoms with van der Waals surface area (Å²) in [4.78, 5) is 0. The van der Waals surface area contributed by atoms with E-state index in [2.05, 4.69) is 5.32 Å². The van der Waals surface area contributed by atoms with E-state index in [-0.39, 0.29) is 5.60 Å². The van der Waals surface area contributed by atoms with Gasteiger partial charge in [-0.2, -0.15) is 0 Å². The molecule has 2 saturated heterocycles. The zero-order chi connectivity index (χ0) is 15.2. The van der Waals surface area contributed by atoms with Crippen LogP contribution in [0.5, 0.6) is 0 Å². The van der Waals surface area contributed by atoms with E-state index in [4.69, 9.17) is 14.2 Å². The second-order valence-corrected chi connectivity index (χ2v) is 6.68. The molecule has 0 bridgehead atoms. The molecular formula is C16H31NO4. The molecule has 2 heterocycles. The molecule has 5 heteroatoms. The fourth-order valence-corrected chi connectivity index (χ4v) is 3.50. The van der Waals surface area contributed by atoms with Crippen LogP contribution in [-0.4, -0.2) is 62.9 Å². The molecule has 2 rings (SSSR count). The molecule has 2 aliphatic heterocycles. The summed E-state index contributed by atoms with van der Waals surface area (Å²) >= 11 is 0. The maximum atomic E-state index is 10.9. The van der Waals surface area contributed by atoms with Crippen molar-refractivity contribution in [3.05, 3.63) is 0 Å². The third-order valence-corrected chi connectivity index (χ3v) is 5.07. The van der Waals surface area contributed by atoms with Crippen LogP contribution in [0.4, 0.5) is 0 Å². The number of ether oxygens (including phenoxy) is 3. The van der Waals surface area contributed by atoms with E-state index in [1.807, 2.05) is 6.92 Å². The number of rotatable bonds is 7. The first-order chi connectivity index (χ1) is 10.1. The molecule has 0 saturated carbocycles. The first kappa shape index (κ1) is 17.2. The molecule has 2 unspecified atom stereocenters. The van der Waals surface area contributed by atoms with Crippen LogP contribution in [0.25, 0.3) is 0 Å². The highest BCUT2D eigenvalue weighted by Gasteiger charge is 2.44. The standard InChI is InChI=1S/C16H31NO4/c1-15(18,4-7-17-8-12-19-2)14-3-9-21-16(13-14)5-10-20-11-6-16/h14,17-18H,3-13H2,1-2H3. The predicted octanol–water partition coefficient (Wildman–Crippen LogP) is 1.34. The Morgan fingerprint density at radius 2 is 2.05 bits per heavy atom. The van der Waals surface area contributed by atoms with Crippen LogP contribution in [0.1, 0.15) is 39.0 Å². The molecule has 5 nitrogen and oxygen atoms in total. The Bertz CT molecular complexity index is 297. The Labute approximate surface area is 128 Å². The molecule has 0 aromatic carbocycles. The average Bonchev–Trinajstić information content (AvgIpc) is 2.48. The quantitative estimate of drug-likeness (QED) is 0.695. The SMILES string of the molecule is COCCNCCC(C)(O)C1CCOC2(CCOCC2)C1. The van der Waals surface area contributed by atoms with Gasteiger partial charge in [-0.05, 0) is 51.5 Å². The van der Waals surface area contributed by atoms with Gasteiger partial charge in [-0.3, -0.25) is 0 Å². The minimum absolute atomic E-state index is 0.0470. The molecule has 2 fully saturated rings. The van der Waals surface area contributed by atoms with Crippen LogP contribution in [0, 0.1) is 5.92 Å². The topological polar surface area (TPSA) is 60.0 Å². The van der Waals surface area contributed by atoms with Crippen molar-refractivity contribution in [3.8, 4) is 0 Å². The summed E-state index contributed by atoms with van der Waals surface area (Å²) < 4.78 is 16.5. The van der Waals surface area contributed by atoms with Gasteiger partial charge in [0.2, 0.25) is 0 Å². The van der Waals surface area contributed by atoms with Crippen molar-refractivity contribution in [2.75, 3.05) is 46.6 Å². The van der Waals surface area contributed by atoms with E-state index in [1.54, 1.807) is 7.11 Å². The fourth-order valence-electron chi connectivity index (χ4n) is 3.50. The van der Waals surface area contributed by atoms with Crippen molar-refractivity contribution in [1.82, 2.24) is 5.32 Å². The summed E-state index contributed by atoms with van der Waals surface area (Å²) in [5.74, 6) is 0.313. The van der Waals surface area contributed by atoms with Gasteiger partial charge in [0.05, 0.1) is 17.8 Å². The first-order valence-electron chi connectivity index (χ1n) is 8.22. The van der Waals surface area contributed by atoms with Gasteiger partial charge in [0.15, 0.2) is 0 Å². The van der Waals surface area contributed by atoms with Crippen LogP contribution < -0.4 is 5.32 Å². The molecule has 0 radical (unpaired) electrons. The zero-order valence-electron chi connectivity index (χ0n) is 13.5. The third kappa shape index (κ3) is 4.89. The maximum Gasteiger partial charge on any atom is 0.0730 e. The van der Waals surface area contributed by atoms with Gasteiger partial charge >= 0.3 is 0 Å². The molecule has 1 spiro atoms. The molecule has 2 atom stereocenters. The lowest BCUT2D eigenvalue weighted by Crippen LogP contribution is -2.50. The highest BCUT2D eigenvalue weighted by Crippen LogP contribution is 2.41. The van der Waals surface area contributed by atoms with E-state index in [9.17, 15) is 5.11 Å². The Hall–Kier alpha value is -0.200. The van der Waals surface area contributed by atoms with E-state index >= 15 is 0 Å². The van der Waals surface area contributed by atoms with Crippen LogP contribution >= 0.6 is 0 Å². The van der Waals surface area contributed by atoms with Gasteiger partial charge < -0.3 is 24.6 Å². The second kappa shape index (κ2) is 7.88. The highest BCUT2D eigenvalue weighted by atomic mass is 16.5. The van der Waals surface area contributed by atoms with Crippen molar-refractivity contribution in [1.29, 1.82) is 0 Å². The van der Waals surface area contributed by atoms with Crippen LogP contribution in [-0.2, 0) is 14.2 Å². The van der Waals surface area contributed by atoms with Crippen molar-refractivity contribution >= 4 is 0 Å². The number of aliphatic hydroxyl groups is 1. The normalized spacial score (nSPS) is 28.4. The third-order valence-electron chi connectivity index (χ3n) is 5.07. The minimum Gasteiger partial charge on any atom is -0.390 e. The van der Waals surface area contributed by atoms with Crippen LogP contribution in [0.2, 0.25) is 0 Å². The molecule has 124 valence electrons. The Morgan fingerprint density at radius 3 is 2.76 bits per heavy atom. The van der Waals surface area contributed by atoms with Gasteiger partial charge in [0.25, 0.3) is 0 Å². The Morgan fingerprint density at radius 1 is 1.29 bits per heavy atom. The molecule has 2 aliphatic rings. The lowest BCUT2D eigenvalue weighted by Gasteiger charge is -2.47. The minimum atomic E-state index is -0.630. The van der Waals surface area contributed by atoms with Gasteiger partial charge in [0, 0.05) is 33.5 Å². The Kier molecular flexibility index (Phi) is 6.44. The van der Waals surface area contributed by atoms with Crippen LogP contribution in [0.15, 0.2) is 0 Å². The van der Waals surface area contributed by atoms with E-state index in [0.29, 0.717) is 12.5 Å². The lowest BCUT2D eigenvalue weighted by molar-refractivity contribution is -0.173. The molecular weight excluding hydrogens is 270 g/mol. The van der Waals surface area contributed by atoms with E-state index < -0.39 is 5.60 Å². The molecule has 2 N–H and O–H groups in total. The number of nitrogens with one attached hydrogen (secondary N) is 1. The summed E-state index contributed by atoms with van der Waals surface area (Å²) in [6.07, 6.45) is 4.61. The summed E-state index contributed by atoms with van der Waals surface area (Å²) in [6.45, 7) is 6.68. The molecule has 0 aromatic rings. The monoisotopic (exact) mass is 301 g/mol. The van der Waals surface area contributed by atoms with E-state index in [1.165, 1.54) is 0 Å². The van der Waals surface area contributed by atoms with Gasteiger partial charge in [-0.1, -0.05) is 0 Å². The molecule has 21 heavy (non-hydrogen) atoms. The Balaban J connectivity index is 1.81. The zero-order valence-corrected chi connectivity index (χ0v) is 13.5. The van der Waals surface area contributed by atoms with Crippen molar-refractivity contribution in [2.24, 2.45) is 5.92 Å². The van der Waals surface area contributed by atoms with Crippen LogP contribution in [0.3, 0.4) is 0 Å². The summed E-state index contributed by atoms with van der Waals surface area (Å²) in [7, 11) is 1.70. The number of hydrogen-bond acceptors (Lipinski definition) is 5. The molecule has 0 aliphatic carbocycles. The summed E-state index contributed by atoms with van der Waals surface area (Å²) in [5.41, 5.74) is -0.677. The second-order valence-electron chi connectivity index (χ2n) is 6.68. The van der Waals surface area contributed by atoms with Crippen molar-refractivity contribution in [2.45, 2.75) is 50.2 Å². The summed E-state index contributed by atoms with van der Waals surface area (Å²) in [5, 5.41) is 14.2. The van der Waals surface area contributed by atoms with Gasteiger partial charge in [-0.15, -0.1) is 0 Å². The van der Waals surface area contributed by atoms with Gasteiger partial charge in [-0.25, -0.2) is 0 Å². The number of hydrogen-bond donors (Lipinski definition) is 2. The first-order valence-corrected chi connectivity index (χ1v) is 8.22. The smallest absolute Gasteiger partial charge is 0.0730 e. The van der Waals surface area contributed by atoms with Crippen molar-refractivity contribution < 1.29 is 19.3 Å². The molecule has 0 aromatic heterocycles. The van der Waals surface area contributed by atoms with E-state index in [0.717, 1.165) is 65.0 Å². The highest BCUT2D eigenvalue weighted by molar-refractivity contribution is 4.95. The lowest BCUT2D eigenvalue weighted by atomic mass is 9.73. The van der Waals surface area contributed by atoms with Crippen molar-refractivity contribution in [3.63, 3.8) is 0 Å². The summed E-state index contributed by atoms with van der Waals surface area (Å²) in [6, 6.07) is 0. The average molecular weight is 301 g/mol. The maximum absolute atomic E-state index is 10.9.